The zero-order valence-corrected chi connectivity index (χ0v) is 10.6. The van der Waals surface area contributed by atoms with E-state index in [1.165, 1.54) is 23.9 Å². The Morgan fingerprint density at radius 3 is 2.53 bits per heavy atom. The van der Waals surface area contributed by atoms with Gasteiger partial charge >= 0.3 is 6.18 Å². The number of alkyl halides is 3. The Bertz CT molecular complexity index is 560. The topological polar surface area (TPSA) is 41.6 Å². The molecule has 0 unspecified atom stereocenters. The summed E-state index contributed by atoms with van der Waals surface area (Å²) in [5.41, 5.74) is -0.122. The van der Waals surface area contributed by atoms with E-state index in [9.17, 15) is 13.2 Å². The molecule has 3 nitrogen and oxygen atoms in total. The molecule has 0 radical (unpaired) electrons. The average molecular weight is 285 g/mol. The highest BCUT2D eigenvalue weighted by atomic mass is 32.2. The van der Waals surface area contributed by atoms with Gasteiger partial charge in [-0.25, -0.2) is 4.98 Å². The monoisotopic (exact) mass is 285 g/mol. The normalized spacial score (nSPS) is 11.5. The SMILES string of the molecule is C=CCSc1n[nH]c(-c2ccc(C(F)(F)F)cc2)n1. The summed E-state index contributed by atoms with van der Waals surface area (Å²) in [5, 5.41) is 7.19. The van der Waals surface area contributed by atoms with Crippen LogP contribution in [0.15, 0.2) is 42.1 Å². The molecule has 19 heavy (non-hydrogen) atoms. The number of hydrogen-bond donors (Lipinski definition) is 1. The van der Waals surface area contributed by atoms with Crippen molar-refractivity contribution in [1.82, 2.24) is 15.2 Å². The molecule has 2 aromatic rings. The standard InChI is InChI=1S/C12H10F3N3S/c1-2-7-19-11-16-10(17-18-11)8-3-5-9(6-4-8)12(13,14)15/h2-6H,1,7H2,(H,16,17,18). The van der Waals surface area contributed by atoms with Gasteiger partial charge in [0, 0.05) is 11.3 Å². The Balaban J connectivity index is 2.18. The Kier molecular flexibility index (Phi) is 3.94. The lowest BCUT2D eigenvalue weighted by Crippen LogP contribution is -2.04. The summed E-state index contributed by atoms with van der Waals surface area (Å²) >= 11 is 1.39. The number of halogens is 3. The molecule has 0 atom stereocenters. The molecule has 1 heterocycles. The number of aromatic nitrogens is 3. The largest absolute Gasteiger partial charge is 0.416 e. The summed E-state index contributed by atoms with van der Waals surface area (Å²) in [5.74, 6) is 1.12. The third-order valence-corrected chi connectivity index (χ3v) is 3.12. The van der Waals surface area contributed by atoms with Crippen molar-refractivity contribution >= 4 is 11.8 Å². The van der Waals surface area contributed by atoms with Crippen LogP contribution in [0, 0.1) is 0 Å². The Hall–Kier alpha value is -1.76. The first-order valence-corrected chi connectivity index (χ1v) is 6.33. The van der Waals surface area contributed by atoms with Gasteiger partial charge in [-0.05, 0) is 12.1 Å². The van der Waals surface area contributed by atoms with Crippen LogP contribution in [0.4, 0.5) is 13.2 Å². The van der Waals surface area contributed by atoms with Crippen LogP contribution in [0.2, 0.25) is 0 Å². The van der Waals surface area contributed by atoms with E-state index >= 15 is 0 Å². The molecule has 0 aliphatic heterocycles. The van der Waals surface area contributed by atoms with Gasteiger partial charge in [-0.3, -0.25) is 5.10 Å². The van der Waals surface area contributed by atoms with Gasteiger partial charge in [0.1, 0.15) is 0 Å². The van der Waals surface area contributed by atoms with E-state index < -0.39 is 11.7 Å². The van der Waals surface area contributed by atoms with Crippen molar-refractivity contribution < 1.29 is 13.2 Å². The Morgan fingerprint density at radius 1 is 1.26 bits per heavy atom. The van der Waals surface area contributed by atoms with Gasteiger partial charge in [-0.1, -0.05) is 30.0 Å². The zero-order chi connectivity index (χ0) is 13.9. The molecule has 7 heteroatoms. The molecule has 2 rings (SSSR count). The molecular weight excluding hydrogens is 275 g/mol. The van der Waals surface area contributed by atoms with E-state index in [0.29, 0.717) is 22.3 Å². The van der Waals surface area contributed by atoms with Gasteiger partial charge < -0.3 is 0 Å². The first-order valence-electron chi connectivity index (χ1n) is 5.34. The number of benzene rings is 1. The minimum atomic E-state index is -4.33. The summed E-state index contributed by atoms with van der Waals surface area (Å²) in [6.45, 7) is 3.58. The second-order valence-electron chi connectivity index (χ2n) is 3.64. The van der Waals surface area contributed by atoms with Crippen LogP contribution in [0.1, 0.15) is 5.56 Å². The van der Waals surface area contributed by atoms with Crippen molar-refractivity contribution in [1.29, 1.82) is 0 Å². The number of nitrogens with zero attached hydrogens (tertiary/aromatic N) is 2. The van der Waals surface area contributed by atoms with Gasteiger partial charge in [-0.2, -0.15) is 13.2 Å². The van der Waals surface area contributed by atoms with Gasteiger partial charge in [0.05, 0.1) is 5.56 Å². The average Bonchev–Trinajstić information content (AvgIpc) is 2.84. The van der Waals surface area contributed by atoms with E-state index in [1.54, 1.807) is 6.08 Å². The van der Waals surface area contributed by atoms with Gasteiger partial charge in [-0.15, -0.1) is 11.7 Å². The summed E-state index contributed by atoms with van der Waals surface area (Å²) in [6, 6.07) is 4.78. The fourth-order valence-electron chi connectivity index (χ4n) is 1.39. The van der Waals surface area contributed by atoms with Crippen molar-refractivity contribution in [2.75, 3.05) is 5.75 Å². The predicted molar refractivity (Wildman–Crippen MR) is 67.7 cm³/mol. The minimum Gasteiger partial charge on any atom is -0.258 e. The molecule has 1 aromatic heterocycles. The summed E-state index contributed by atoms with van der Waals surface area (Å²) in [4.78, 5) is 4.18. The smallest absolute Gasteiger partial charge is 0.258 e. The van der Waals surface area contributed by atoms with E-state index in [2.05, 4.69) is 21.8 Å². The highest BCUT2D eigenvalue weighted by Crippen LogP contribution is 2.30. The maximum absolute atomic E-state index is 12.4. The maximum atomic E-state index is 12.4. The van der Waals surface area contributed by atoms with Crippen molar-refractivity contribution in [3.8, 4) is 11.4 Å². The second kappa shape index (κ2) is 5.48. The molecule has 0 amide bonds. The molecule has 0 spiro atoms. The molecular formula is C12H10F3N3S. The van der Waals surface area contributed by atoms with E-state index in [4.69, 9.17) is 0 Å². The van der Waals surface area contributed by atoms with Crippen molar-refractivity contribution in [3.05, 3.63) is 42.5 Å². The number of nitrogens with one attached hydrogen (secondary N) is 1. The fraction of sp³-hybridized carbons (Fsp3) is 0.167. The molecule has 100 valence electrons. The number of rotatable bonds is 4. The van der Waals surface area contributed by atoms with E-state index in [-0.39, 0.29) is 0 Å². The van der Waals surface area contributed by atoms with Crippen LogP contribution in [-0.4, -0.2) is 20.9 Å². The number of hydrogen-bond acceptors (Lipinski definition) is 3. The van der Waals surface area contributed by atoms with Crippen LogP contribution in [-0.2, 0) is 6.18 Å². The first kappa shape index (κ1) is 13.7. The molecule has 0 bridgehead atoms. The van der Waals surface area contributed by atoms with Gasteiger partial charge in [0.2, 0.25) is 5.16 Å². The maximum Gasteiger partial charge on any atom is 0.416 e. The summed E-state index contributed by atoms with van der Waals surface area (Å²) in [6.07, 6.45) is -2.61. The van der Waals surface area contributed by atoms with Crippen LogP contribution in [0.3, 0.4) is 0 Å². The van der Waals surface area contributed by atoms with Gasteiger partial charge in [0.15, 0.2) is 5.82 Å². The third-order valence-electron chi connectivity index (χ3n) is 2.28. The lowest BCUT2D eigenvalue weighted by atomic mass is 10.1. The number of aromatic amines is 1. The van der Waals surface area contributed by atoms with Crippen molar-refractivity contribution in [2.45, 2.75) is 11.3 Å². The molecule has 0 saturated heterocycles. The second-order valence-corrected chi connectivity index (χ2v) is 4.63. The molecule has 0 saturated carbocycles. The van der Waals surface area contributed by atoms with Crippen molar-refractivity contribution in [2.24, 2.45) is 0 Å². The molecule has 1 N–H and O–H groups in total. The number of thioether (sulfide) groups is 1. The summed E-state index contributed by atoms with van der Waals surface area (Å²) < 4.78 is 37.3. The van der Waals surface area contributed by atoms with Crippen LogP contribution < -0.4 is 0 Å². The Labute approximate surface area is 111 Å². The van der Waals surface area contributed by atoms with E-state index in [0.717, 1.165) is 12.1 Å². The van der Waals surface area contributed by atoms with Gasteiger partial charge in [0.25, 0.3) is 0 Å². The molecule has 0 aliphatic carbocycles. The minimum absolute atomic E-state index is 0.445. The third kappa shape index (κ3) is 3.37. The fourth-order valence-corrected chi connectivity index (χ4v) is 1.92. The molecule has 1 aromatic carbocycles. The van der Waals surface area contributed by atoms with E-state index in [1.807, 2.05) is 0 Å². The Morgan fingerprint density at radius 2 is 1.95 bits per heavy atom. The molecule has 0 aliphatic rings. The van der Waals surface area contributed by atoms with Crippen LogP contribution in [0.5, 0.6) is 0 Å². The lowest BCUT2D eigenvalue weighted by Gasteiger charge is -2.06. The van der Waals surface area contributed by atoms with Crippen LogP contribution in [0.25, 0.3) is 11.4 Å². The zero-order valence-electron chi connectivity index (χ0n) is 9.74. The highest BCUT2D eigenvalue weighted by Gasteiger charge is 2.30. The van der Waals surface area contributed by atoms with Crippen LogP contribution >= 0.6 is 11.8 Å². The number of H-pyrrole nitrogens is 1. The summed E-state index contributed by atoms with van der Waals surface area (Å²) in [7, 11) is 0. The predicted octanol–water partition coefficient (Wildman–Crippen LogP) is 3.77. The highest BCUT2D eigenvalue weighted by molar-refractivity contribution is 7.99. The quantitative estimate of drug-likeness (QED) is 0.687. The lowest BCUT2D eigenvalue weighted by molar-refractivity contribution is -0.137. The molecule has 0 fully saturated rings. The first-order chi connectivity index (χ1) is 9.00. The van der Waals surface area contributed by atoms with Crippen molar-refractivity contribution in [3.63, 3.8) is 0 Å².